The molecule has 2 aromatic carbocycles. The van der Waals surface area contributed by atoms with Crippen LogP contribution in [0.2, 0.25) is 0 Å². The van der Waals surface area contributed by atoms with Gasteiger partial charge in [-0.25, -0.2) is 8.42 Å². The third-order valence-corrected chi connectivity index (χ3v) is 6.33. The second kappa shape index (κ2) is 8.36. The van der Waals surface area contributed by atoms with Crippen molar-refractivity contribution in [3.8, 4) is 22.4 Å². The lowest BCUT2D eigenvalue weighted by Crippen LogP contribution is -2.20. The number of hydrogen-bond acceptors (Lipinski definition) is 4. The number of benzene rings is 2. The molecule has 1 aromatic heterocycles. The Morgan fingerprint density at radius 2 is 1.63 bits per heavy atom. The smallest absolute Gasteiger partial charge is 0.175 e. The molecule has 0 saturated carbocycles. The van der Waals surface area contributed by atoms with Crippen LogP contribution in [0.3, 0.4) is 0 Å². The Labute approximate surface area is 179 Å². The lowest BCUT2D eigenvalue weighted by atomic mass is 10.0. The van der Waals surface area contributed by atoms with E-state index in [-0.39, 0.29) is 0 Å². The van der Waals surface area contributed by atoms with E-state index in [9.17, 15) is 8.42 Å². The monoisotopic (exact) mass is 426 g/mol. The van der Waals surface area contributed by atoms with Gasteiger partial charge in [-0.3, -0.25) is 4.68 Å². The van der Waals surface area contributed by atoms with E-state index in [1.807, 2.05) is 36.7 Å². The van der Waals surface area contributed by atoms with Gasteiger partial charge < -0.3 is 4.74 Å². The number of hydrogen-bond donors (Lipinski definition) is 0. The molecule has 0 aliphatic rings. The highest BCUT2D eigenvalue weighted by Crippen LogP contribution is 2.31. The Kier molecular flexibility index (Phi) is 6.20. The van der Waals surface area contributed by atoms with E-state index in [1.165, 1.54) is 6.26 Å². The first-order valence-corrected chi connectivity index (χ1v) is 11.9. The minimum Gasteiger partial charge on any atom is -0.372 e. The number of sulfone groups is 1. The minimum atomic E-state index is -3.24. The maximum absolute atomic E-state index is 11.9. The van der Waals surface area contributed by atoms with Gasteiger partial charge in [0.05, 0.1) is 16.3 Å². The van der Waals surface area contributed by atoms with Crippen molar-refractivity contribution in [3.63, 3.8) is 0 Å². The Morgan fingerprint density at radius 3 is 2.20 bits per heavy atom. The molecule has 0 fully saturated rings. The lowest BCUT2D eigenvalue weighted by molar-refractivity contribution is 0.0149. The fourth-order valence-corrected chi connectivity index (χ4v) is 3.94. The Balaban J connectivity index is 2.00. The number of methoxy groups -OCH3 is 1. The zero-order chi connectivity index (χ0) is 22.1. The molecule has 5 nitrogen and oxygen atoms in total. The van der Waals surface area contributed by atoms with Crippen LogP contribution in [0.5, 0.6) is 0 Å². The van der Waals surface area contributed by atoms with Gasteiger partial charge in [-0.2, -0.15) is 5.10 Å². The van der Waals surface area contributed by atoms with E-state index in [1.54, 1.807) is 25.3 Å². The normalized spacial score (nSPS) is 12.5. The summed E-state index contributed by atoms with van der Waals surface area (Å²) in [7, 11) is -1.54. The molecule has 0 aliphatic heterocycles. The average molecular weight is 427 g/mol. The van der Waals surface area contributed by atoms with Gasteiger partial charge >= 0.3 is 0 Å². The molecule has 0 amide bonds. The Hall–Kier alpha value is -2.44. The molecule has 6 heteroatoms. The van der Waals surface area contributed by atoms with Crippen molar-refractivity contribution in [1.29, 1.82) is 0 Å². The average Bonchev–Trinajstić information content (AvgIpc) is 3.11. The first-order valence-electron chi connectivity index (χ1n) is 10.1. The van der Waals surface area contributed by atoms with Gasteiger partial charge in [0.15, 0.2) is 9.84 Å². The van der Waals surface area contributed by atoms with E-state index >= 15 is 0 Å². The van der Waals surface area contributed by atoms with E-state index < -0.39 is 15.4 Å². The van der Waals surface area contributed by atoms with E-state index in [0.717, 1.165) is 34.6 Å². The summed E-state index contributed by atoms with van der Waals surface area (Å²) in [5.41, 5.74) is 4.37. The molecule has 3 aromatic rings. The van der Waals surface area contributed by atoms with Crippen molar-refractivity contribution < 1.29 is 13.2 Å². The molecular formula is C24H30N2O3S. The molecule has 0 aliphatic carbocycles. The van der Waals surface area contributed by atoms with Gasteiger partial charge in [0.25, 0.3) is 0 Å². The van der Waals surface area contributed by atoms with Gasteiger partial charge in [0.1, 0.15) is 5.60 Å². The molecule has 0 spiro atoms. The van der Waals surface area contributed by atoms with Crippen molar-refractivity contribution in [3.05, 3.63) is 60.3 Å². The first-order chi connectivity index (χ1) is 14.0. The fourth-order valence-electron chi connectivity index (χ4n) is 3.27. The van der Waals surface area contributed by atoms with Crippen LogP contribution in [0.1, 0.15) is 33.4 Å². The first kappa shape index (κ1) is 22.2. The van der Waals surface area contributed by atoms with Crippen LogP contribution in [-0.4, -0.2) is 31.6 Å². The zero-order valence-corrected chi connectivity index (χ0v) is 19.3. The number of nitrogens with zero attached hydrogens (tertiary/aromatic N) is 2. The highest BCUT2D eigenvalue weighted by Gasteiger charge is 2.25. The van der Waals surface area contributed by atoms with Crippen molar-refractivity contribution in [1.82, 2.24) is 9.78 Å². The Morgan fingerprint density at radius 1 is 1.00 bits per heavy atom. The maximum Gasteiger partial charge on any atom is 0.175 e. The van der Waals surface area contributed by atoms with Crippen molar-refractivity contribution in [2.24, 2.45) is 5.92 Å². The standard InChI is InChI=1S/C24H30N2O3S/c1-17(2)16-26-22(15-23(25-26)24(3,4)29-5)19-12-10-18(11-13-19)20-8-7-9-21(14-20)30(6,27)28/h7-15,17H,16H2,1-6H3. The molecule has 30 heavy (non-hydrogen) atoms. The largest absolute Gasteiger partial charge is 0.372 e. The second-order valence-electron chi connectivity index (χ2n) is 8.58. The third-order valence-electron chi connectivity index (χ3n) is 5.22. The van der Waals surface area contributed by atoms with Crippen LogP contribution in [0.25, 0.3) is 22.4 Å². The summed E-state index contributed by atoms with van der Waals surface area (Å²) >= 11 is 0. The van der Waals surface area contributed by atoms with Crippen LogP contribution < -0.4 is 0 Å². The minimum absolute atomic E-state index is 0.325. The molecule has 0 N–H and O–H groups in total. The van der Waals surface area contributed by atoms with E-state index in [0.29, 0.717) is 10.8 Å². The summed E-state index contributed by atoms with van der Waals surface area (Å²) in [6.07, 6.45) is 1.23. The third kappa shape index (κ3) is 4.82. The molecule has 1 heterocycles. The SMILES string of the molecule is COC(C)(C)c1cc(-c2ccc(-c3cccc(S(C)(=O)=O)c3)cc2)n(CC(C)C)n1. The van der Waals surface area contributed by atoms with Crippen LogP contribution in [-0.2, 0) is 26.7 Å². The van der Waals surface area contributed by atoms with E-state index in [2.05, 4.69) is 32.0 Å². The molecule has 160 valence electrons. The van der Waals surface area contributed by atoms with E-state index in [4.69, 9.17) is 9.84 Å². The lowest BCUT2D eigenvalue weighted by Gasteiger charge is -2.19. The summed E-state index contributed by atoms with van der Waals surface area (Å²) < 4.78 is 31.4. The highest BCUT2D eigenvalue weighted by molar-refractivity contribution is 7.90. The molecule has 0 atom stereocenters. The second-order valence-corrected chi connectivity index (χ2v) is 10.6. The quantitative estimate of drug-likeness (QED) is 0.524. The summed E-state index contributed by atoms with van der Waals surface area (Å²) in [6, 6.07) is 17.3. The van der Waals surface area contributed by atoms with Crippen LogP contribution in [0.15, 0.2) is 59.5 Å². The highest BCUT2D eigenvalue weighted by atomic mass is 32.2. The number of rotatable bonds is 7. The summed E-state index contributed by atoms with van der Waals surface area (Å²) in [5, 5.41) is 4.81. The molecular weight excluding hydrogens is 396 g/mol. The molecule has 0 unspecified atom stereocenters. The van der Waals surface area contributed by atoms with Gasteiger partial charge in [0.2, 0.25) is 0 Å². The maximum atomic E-state index is 11.9. The fraction of sp³-hybridized carbons (Fsp3) is 0.375. The summed E-state index contributed by atoms with van der Waals surface area (Å²) in [5.74, 6) is 0.458. The zero-order valence-electron chi connectivity index (χ0n) is 18.5. The van der Waals surface area contributed by atoms with Crippen molar-refractivity contribution in [2.45, 2.75) is 44.7 Å². The Bertz CT molecular complexity index is 1130. The summed E-state index contributed by atoms with van der Waals surface area (Å²) in [6.45, 7) is 9.18. The van der Waals surface area contributed by atoms with Crippen LogP contribution >= 0.6 is 0 Å². The van der Waals surface area contributed by atoms with Crippen molar-refractivity contribution in [2.75, 3.05) is 13.4 Å². The summed E-state index contributed by atoms with van der Waals surface area (Å²) in [4.78, 5) is 0.325. The van der Waals surface area contributed by atoms with Gasteiger partial charge in [-0.1, -0.05) is 50.2 Å². The molecule has 0 bridgehead atoms. The number of ether oxygens (including phenoxy) is 1. The van der Waals surface area contributed by atoms with Crippen LogP contribution in [0.4, 0.5) is 0 Å². The molecule has 0 saturated heterocycles. The van der Waals surface area contributed by atoms with Gasteiger partial charge in [0, 0.05) is 19.9 Å². The topological polar surface area (TPSA) is 61.2 Å². The van der Waals surface area contributed by atoms with Gasteiger partial charge in [-0.15, -0.1) is 0 Å². The molecule has 0 radical (unpaired) electrons. The van der Waals surface area contributed by atoms with Crippen LogP contribution in [0, 0.1) is 5.92 Å². The number of aromatic nitrogens is 2. The van der Waals surface area contributed by atoms with Gasteiger partial charge in [-0.05, 0) is 54.7 Å². The molecule has 3 rings (SSSR count). The van der Waals surface area contributed by atoms with Crippen molar-refractivity contribution >= 4 is 9.84 Å². The predicted octanol–water partition coefficient (Wildman–Crippen LogP) is 5.16. The predicted molar refractivity (Wildman–Crippen MR) is 121 cm³/mol.